The summed E-state index contributed by atoms with van der Waals surface area (Å²) in [5.41, 5.74) is 4.74. The minimum atomic E-state index is -0.865. The van der Waals surface area contributed by atoms with Gasteiger partial charge in [-0.15, -0.1) is 0 Å². The number of fused-ring (bicyclic) bond motifs is 1. The standard InChI is InChI=1S/C20H24FN3O4/c1-20(2,3)28-19(26)24-9-5-4-6-17(24)27-16-7-8-23-15-11-12(18(22)25)14(21)10-13(15)16/h7-8,10-11,17H,4-6,9H2,1-3H3,(H2,22,25)/t17-/m1/s1. The molecule has 1 saturated heterocycles. The molecule has 1 atom stereocenters. The minimum absolute atomic E-state index is 0.231. The summed E-state index contributed by atoms with van der Waals surface area (Å²) >= 11 is 0. The van der Waals surface area contributed by atoms with Crippen molar-refractivity contribution in [3.05, 3.63) is 35.8 Å². The van der Waals surface area contributed by atoms with Crippen LogP contribution in [0.3, 0.4) is 0 Å². The predicted octanol–water partition coefficient (Wildman–Crippen LogP) is 3.60. The first-order valence-corrected chi connectivity index (χ1v) is 9.20. The second-order valence-electron chi connectivity index (χ2n) is 7.76. The van der Waals surface area contributed by atoms with Crippen molar-refractivity contribution in [1.29, 1.82) is 0 Å². The molecule has 0 aliphatic carbocycles. The summed E-state index contributed by atoms with van der Waals surface area (Å²) in [6, 6.07) is 4.08. The van der Waals surface area contributed by atoms with Gasteiger partial charge in [-0.3, -0.25) is 14.7 Å². The van der Waals surface area contributed by atoms with Crippen LogP contribution in [0.1, 0.15) is 50.4 Å². The number of aromatic nitrogens is 1. The van der Waals surface area contributed by atoms with E-state index in [1.165, 1.54) is 18.3 Å². The number of carbonyl (C=O) groups excluding carboxylic acids is 2. The van der Waals surface area contributed by atoms with Crippen LogP contribution in [0.25, 0.3) is 10.9 Å². The first kappa shape index (κ1) is 19.9. The molecule has 7 nitrogen and oxygen atoms in total. The molecule has 1 aromatic carbocycles. The molecule has 0 saturated carbocycles. The number of carbonyl (C=O) groups is 2. The van der Waals surface area contributed by atoms with E-state index in [0.29, 0.717) is 29.6 Å². The molecule has 2 heterocycles. The molecule has 0 unspecified atom stereocenters. The fourth-order valence-corrected chi connectivity index (χ4v) is 3.13. The van der Waals surface area contributed by atoms with E-state index in [2.05, 4.69) is 4.98 Å². The molecule has 0 spiro atoms. The van der Waals surface area contributed by atoms with E-state index >= 15 is 0 Å². The zero-order valence-electron chi connectivity index (χ0n) is 16.2. The highest BCUT2D eigenvalue weighted by molar-refractivity contribution is 5.98. The van der Waals surface area contributed by atoms with Crippen LogP contribution in [0, 0.1) is 5.82 Å². The Labute approximate surface area is 162 Å². The molecule has 1 fully saturated rings. The van der Waals surface area contributed by atoms with E-state index in [0.717, 1.165) is 12.8 Å². The van der Waals surface area contributed by atoms with E-state index in [1.54, 1.807) is 31.7 Å². The van der Waals surface area contributed by atoms with Gasteiger partial charge in [0.1, 0.15) is 17.2 Å². The SMILES string of the molecule is CC(C)(C)OC(=O)N1CCCC[C@H]1Oc1ccnc2cc(C(N)=O)c(F)cc12. The van der Waals surface area contributed by atoms with Crippen molar-refractivity contribution in [2.45, 2.75) is 51.9 Å². The van der Waals surface area contributed by atoms with Crippen molar-refractivity contribution in [1.82, 2.24) is 9.88 Å². The van der Waals surface area contributed by atoms with Gasteiger partial charge < -0.3 is 15.2 Å². The molecule has 8 heteroatoms. The second-order valence-corrected chi connectivity index (χ2v) is 7.76. The Bertz CT molecular complexity index is 910. The van der Waals surface area contributed by atoms with E-state index in [-0.39, 0.29) is 5.56 Å². The molecular formula is C20H24FN3O4. The molecule has 2 aromatic rings. The zero-order chi connectivity index (χ0) is 20.5. The number of nitrogens with zero attached hydrogens (tertiary/aromatic N) is 2. The largest absolute Gasteiger partial charge is 0.470 e. The lowest BCUT2D eigenvalue weighted by Gasteiger charge is -2.36. The number of piperidine rings is 1. The molecule has 28 heavy (non-hydrogen) atoms. The van der Waals surface area contributed by atoms with Crippen LogP contribution >= 0.6 is 0 Å². The third kappa shape index (κ3) is 4.32. The van der Waals surface area contributed by atoms with Crippen molar-refractivity contribution in [2.24, 2.45) is 5.73 Å². The maximum atomic E-state index is 14.3. The molecule has 150 valence electrons. The molecule has 2 N–H and O–H groups in total. The number of hydrogen-bond acceptors (Lipinski definition) is 5. The van der Waals surface area contributed by atoms with E-state index < -0.39 is 29.6 Å². The van der Waals surface area contributed by atoms with Gasteiger partial charge >= 0.3 is 6.09 Å². The van der Waals surface area contributed by atoms with E-state index in [9.17, 15) is 14.0 Å². The van der Waals surface area contributed by atoms with Crippen molar-refractivity contribution < 1.29 is 23.5 Å². The maximum Gasteiger partial charge on any atom is 0.413 e. The van der Waals surface area contributed by atoms with Gasteiger partial charge in [0, 0.05) is 24.5 Å². The number of nitrogens with two attached hydrogens (primary N) is 1. The summed E-state index contributed by atoms with van der Waals surface area (Å²) in [6.45, 7) is 5.93. The van der Waals surface area contributed by atoms with Crippen LogP contribution in [0.4, 0.5) is 9.18 Å². The van der Waals surface area contributed by atoms with Gasteiger partial charge in [-0.05, 0) is 51.8 Å². The maximum absolute atomic E-state index is 14.3. The fraction of sp³-hybridized carbons (Fsp3) is 0.450. The van der Waals surface area contributed by atoms with Crippen LogP contribution in [0.2, 0.25) is 0 Å². The highest BCUT2D eigenvalue weighted by Gasteiger charge is 2.32. The number of ether oxygens (including phenoxy) is 2. The van der Waals surface area contributed by atoms with Crippen LogP contribution < -0.4 is 10.5 Å². The van der Waals surface area contributed by atoms with Gasteiger partial charge in [-0.1, -0.05) is 0 Å². The average Bonchev–Trinajstić information content (AvgIpc) is 2.60. The van der Waals surface area contributed by atoms with Crippen molar-refractivity contribution in [3.63, 3.8) is 0 Å². The summed E-state index contributed by atoms with van der Waals surface area (Å²) in [5.74, 6) is -1.23. The Kier molecular flexibility index (Phi) is 5.40. The van der Waals surface area contributed by atoms with Crippen LogP contribution in [-0.4, -0.2) is 40.3 Å². The molecule has 0 radical (unpaired) electrons. The third-order valence-corrected chi connectivity index (χ3v) is 4.39. The molecule has 2 amide bonds. The zero-order valence-corrected chi connectivity index (χ0v) is 16.2. The normalized spacial score (nSPS) is 17.4. The van der Waals surface area contributed by atoms with Gasteiger partial charge in [0.05, 0.1) is 11.1 Å². The van der Waals surface area contributed by atoms with Crippen molar-refractivity contribution >= 4 is 22.9 Å². The van der Waals surface area contributed by atoms with Crippen LogP contribution in [0.15, 0.2) is 24.4 Å². The van der Waals surface area contributed by atoms with Gasteiger partial charge in [0.15, 0.2) is 6.23 Å². The Morgan fingerprint density at radius 1 is 1.29 bits per heavy atom. The van der Waals surface area contributed by atoms with E-state index in [1.807, 2.05) is 0 Å². The van der Waals surface area contributed by atoms with E-state index in [4.69, 9.17) is 15.2 Å². The van der Waals surface area contributed by atoms with Gasteiger partial charge in [0.25, 0.3) is 5.91 Å². The first-order chi connectivity index (χ1) is 13.2. The Hall–Kier alpha value is -2.90. The molecule has 0 bridgehead atoms. The van der Waals surface area contributed by atoms with Crippen LogP contribution in [0.5, 0.6) is 5.75 Å². The molecular weight excluding hydrogens is 365 g/mol. The molecule has 1 aliphatic heterocycles. The smallest absolute Gasteiger partial charge is 0.413 e. The predicted molar refractivity (Wildman–Crippen MR) is 101 cm³/mol. The first-order valence-electron chi connectivity index (χ1n) is 9.20. The Balaban J connectivity index is 1.90. The Morgan fingerprint density at radius 2 is 2.04 bits per heavy atom. The second kappa shape index (κ2) is 7.61. The lowest BCUT2D eigenvalue weighted by molar-refractivity contribution is -0.0337. The molecule has 3 rings (SSSR count). The van der Waals surface area contributed by atoms with Gasteiger partial charge in [-0.2, -0.15) is 0 Å². The molecule has 1 aromatic heterocycles. The number of halogens is 1. The van der Waals surface area contributed by atoms with Crippen molar-refractivity contribution in [3.8, 4) is 5.75 Å². The van der Waals surface area contributed by atoms with Gasteiger partial charge in [0.2, 0.25) is 0 Å². The topological polar surface area (TPSA) is 94.8 Å². The lowest BCUT2D eigenvalue weighted by Crippen LogP contribution is -2.48. The number of likely N-dealkylation sites (tertiary alicyclic amines) is 1. The summed E-state index contributed by atoms with van der Waals surface area (Å²) in [5, 5.41) is 0.403. The fourth-order valence-electron chi connectivity index (χ4n) is 3.13. The number of pyridine rings is 1. The third-order valence-electron chi connectivity index (χ3n) is 4.39. The van der Waals surface area contributed by atoms with Gasteiger partial charge in [-0.25, -0.2) is 9.18 Å². The monoisotopic (exact) mass is 389 g/mol. The summed E-state index contributed by atoms with van der Waals surface area (Å²) in [7, 11) is 0. The van der Waals surface area contributed by atoms with Crippen molar-refractivity contribution in [2.75, 3.05) is 6.54 Å². The van der Waals surface area contributed by atoms with Crippen LogP contribution in [-0.2, 0) is 4.74 Å². The highest BCUT2D eigenvalue weighted by Crippen LogP contribution is 2.30. The number of primary amides is 1. The summed E-state index contributed by atoms with van der Waals surface area (Å²) in [4.78, 5) is 29.6. The number of rotatable bonds is 3. The number of benzene rings is 1. The quantitative estimate of drug-likeness (QED) is 0.865. The lowest BCUT2D eigenvalue weighted by atomic mass is 10.1. The summed E-state index contributed by atoms with van der Waals surface area (Å²) in [6.07, 6.45) is 2.90. The highest BCUT2D eigenvalue weighted by atomic mass is 19.1. The summed E-state index contributed by atoms with van der Waals surface area (Å²) < 4.78 is 25.8. The number of hydrogen-bond donors (Lipinski definition) is 1. The minimum Gasteiger partial charge on any atom is -0.470 e. The number of amides is 2. The molecule has 1 aliphatic rings. The average molecular weight is 389 g/mol. The Morgan fingerprint density at radius 3 is 2.71 bits per heavy atom.